The number of rotatable bonds is 1. The zero-order valence-corrected chi connectivity index (χ0v) is 10.6. The second-order valence-corrected chi connectivity index (χ2v) is 4.51. The number of carbonyl (C=O) groups is 1. The Morgan fingerprint density at radius 1 is 1.53 bits per heavy atom. The van der Waals surface area contributed by atoms with Crippen LogP contribution >= 0.6 is 0 Å². The molecule has 0 fully saturated rings. The largest absolute Gasteiger partial charge is 0.393 e. The minimum Gasteiger partial charge on any atom is -0.393 e. The number of amidine groups is 1. The standard InChI is InChI=1S/C12H14FN3O3/c1-12(8-3-5-9(13)6-4-8)7-19-15-10(12)14-11(17)16(2)18/h3-6,18H,7H2,1-2H3,(H,14,15,17). The van der Waals surface area contributed by atoms with E-state index < -0.39 is 11.4 Å². The summed E-state index contributed by atoms with van der Waals surface area (Å²) in [4.78, 5) is 16.5. The van der Waals surface area contributed by atoms with Gasteiger partial charge in [0.15, 0.2) is 5.84 Å². The number of nitrogens with one attached hydrogen (secondary N) is 1. The van der Waals surface area contributed by atoms with Crippen molar-refractivity contribution in [3.8, 4) is 0 Å². The summed E-state index contributed by atoms with van der Waals surface area (Å²) < 4.78 is 12.9. The van der Waals surface area contributed by atoms with E-state index in [0.29, 0.717) is 5.06 Å². The van der Waals surface area contributed by atoms with Crippen LogP contribution in [0.5, 0.6) is 0 Å². The van der Waals surface area contributed by atoms with Crippen LogP contribution < -0.4 is 5.32 Å². The second kappa shape index (κ2) is 4.85. The van der Waals surface area contributed by atoms with Crippen molar-refractivity contribution in [2.45, 2.75) is 12.3 Å². The van der Waals surface area contributed by atoms with Gasteiger partial charge in [0.05, 0.1) is 5.41 Å². The van der Waals surface area contributed by atoms with Crippen LogP contribution in [0.15, 0.2) is 29.4 Å². The molecule has 0 spiro atoms. The molecule has 7 heteroatoms. The predicted octanol–water partition coefficient (Wildman–Crippen LogP) is 1.46. The van der Waals surface area contributed by atoms with Gasteiger partial charge in [-0.1, -0.05) is 17.3 Å². The number of urea groups is 1. The maximum Gasteiger partial charge on any atom is 0.346 e. The molecule has 2 amide bonds. The van der Waals surface area contributed by atoms with Crippen LogP contribution in [0.25, 0.3) is 0 Å². The lowest BCUT2D eigenvalue weighted by atomic mass is 9.82. The Morgan fingerprint density at radius 2 is 2.16 bits per heavy atom. The van der Waals surface area contributed by atoms with Crippen molar-refractivity contribution in [1.82, 2.24) is 10.4 Å². The highest BCUT2D eigenvalue weighted by atomic mass is 19.1. The minimum atomic E-state index is -0.724. The van der Waals surface area contributed by atoms with E-state index >= 15 is 0 Å². The highest BCUT2D eigenvalue weighted by Crippen LogP contribution is 2.29. The van der Waals surface area contributed by atoms with Gasteiger partial charge in [0, 0.05) is 7.05 Å². The molecule has 1 aromatic carbocycles. The molecule has 102 valence electrons. The summed E-state index contributed by atoms with van der Waals surface area (Å²) in [7, 11) is 1.20. The SMILES string of the molecule is CN(O)C(=O)NC1=NOCC1(C)c1ccc(F)cc1. The second-order valence-electron chi connectivity index (χ2n) is 4.51. The number of hydrogen-bond acceptors (Lipinski definition) is 4. The van der Waals surface area contributed by atoms with E-state index in [-0.39, 0.29) is 18.3 Å². The van der Waals surface area contributed by atoms with Crippen LogP contribution in [0.1, 0.15) is 12.5 Å². The van der Waals surface area contributed by atoms with Gasteiger partial charge in [-0.3, -0.25) is 10.5 Å². The molecule has 1 unspecified atom stereocenters. The fourth-order valence-electron chi connectivity index (χ4n) is 1.78. The topological polar surface area (TPSA) is 74.2 Å². The predicted molar refractivity (Wildman–Crippen MR) is 65.2 cm³/mol. The average Bonchev–Trinajstić information content (AvgIpc) is 2.72. The van der Waals surface area contributed by atoms with E-state index in [0.717, 1.165) is 5.56 Å². The van der Waals surface area contributed by atoms with E-state index in [1.165, 1.54) is 19.2 Å². The lowest BCUT2D eigenvalue weighted by Crippen LogP contribution is -2.47. The van der Waals surface area contributed by atoms with Gasteiger partial charge in [-0.15, -0.1) is 0 Å². The van der Waals surface area contributed by atoms with Crippen LogP contribution in [0.3, 0.4) is 0 Å². The lowest BCUT2D eigenvalue weighted by molar-refractivity contribution is -0.0163. The van der Waals surface area contributed by atoms with Crippen molar-refractivity contribution in [2.24, 2.45) is 5.16 Å². The van der Waals surface area contributed by atoms with Gasteiger partial charge in [-0.2, -0.15) is 0 Å². The number of nitrogens with zero attached hydrogens (tertiary/aromatic N) is 2. The van der Waals surface area contributed by atoms with E-state index in [2.05, 4.69) is 10.5 Å². The first-order chi connectivity index (χ1) is 8.93. The molecule has 6 nitrogen and oxygen atoms in total. The summed E-state index contributed by atoms with van der Waals surface area (Å²) in [5.74, 6) is -0.0751. The van der Waals surface area contributed by atoms with Crippen molar-refractivity contribution < 1.29 is 19.2 Å². The monoisotopic (exact) mass is 267 g/mol. The molecule has 0 aromatic heterocycles. The molecule has 1 aromatic rings. The van der Waals surface area contributed by atoms with Crippen molar-refractivity contribution in [2.75, 3.05) is 13.7 Å². The first-order valence-electron chi connectivity index (χ1n) is 5.63. The number of carbonyl (C=O) groups excluding carboxylic acids is 1. The molecule has 0 saturated heterocycles. The van der Waals surface area contributed by atoms with E-state index in [9.17, 15) is 9.18 Å². The van der Waals surface area contributed by atoms with E-state index in [4.69, 9.17) is 10.0 Å². The molecule has 19 heavy (non-hydrogen) atoms. The summed E-state index contributed by atoms with van der Waals surface area (Å²) >= 11 is 0. The maximum absolute atomic E-state index is 12.9. The van der Waals surface area contributed by atoms with Crippen LogP contribution in [0.2, 0.25) is 0 Å². The van der Waals surface area contributed by atoms with Crippen LogP contribution in [0, 0.1) is 5.82 Å². The third-order valence-electron chi connectivity index (χ3n) is 3.03. The summed E-state index contributed by atoms with van der Waals surface area (Å²) in [5.41, 5.74) is 0.0605. The smallest absolute Gasteiger partial charge is 0.346 e. The maximum atomic E-state index is 12.9. The van der Waals surface area contributed by atoms with Crippen LogP contribution in [-0.4, -0.2) is 35.8 Å². The van der Waals surface area contributed by atoms with E-state index in [1.54, 1.807) is 12.1 Å². The van der Waals surface area contributed by atoms with Crippen molar-refractivity contribution in [1.29, 1.82) is 0 Å². The summed E-state index contributed by atoms with van der Waals surface area (Å²) in [6.45, 7) is 2.03. The normalized spacial score (nSPS) is 21.6. The van der Waals surface area contributed by atoms with Gasteiger partial charge in [0.1, 0.15) is 12.4 Å². The van der Waals surface area contributed by atoms with E-state index in [1.807, 2.05) is 6.92 Å². The summed E-state index contributed by atoms with van der Waals surface area (Å²) in [6.07, 6.45) is 0. The Labute approximate surface area is 109 Å². The Bertz CT molecular complexity index is 515. The molecule has 1 atom stereocenters. The molecule has 0 saturated carbocycles. The number of hydrogen-bond donors (Lipinski definition) is 2. The Hall–Kier alpha value is -2.15. The third kappa shape index (κ3) is 2.50. The minimum absolute atomic E-state index is 0.226. The quantitative estimate of drug-likeness (QED) is 0.597. The highest BCUT2D eigenvalue weighted by molar-refractivity contribution is 6.03. The Kier molecular flexibility index (Phi) is 3.39. The van der Waals surface area contributed by atoms with Gasteiger partial charge in [0.2, 0.25) is 0 Å². The van der Waals surface area contributed by atoms with Gasteiger partial charge in [-0.25, -0.2) is 14.2 Å². The molecule has 0 bridgehead atoms. The molecular weight excluding hydrogens is 253 g/mol. The van der Waals surface area contributed by atoms with Gasteiger partial charge in [0.25, 0.3) is 0 Å². The molecule has 2 rings (SSSR count). The molecular formula is C12H14FN3O3. The number of amides is 2. The van der Waals surface area contributed by atoms with Gasteiger partial charge in [-0.05, 0) is 24.6 Å². The number of halogens is 1. The Balaban J connectivity index is 2.25. The molecule has 1 heterocycles. The van der Waals surface area contributed by atoms with Crippen LogP contribution in [0.4, 0.5) is 9.18 Å². The molecule has 2 N–H and O–H groups in total. The first kappa shape index (κ1) is 13.3. The number of oxime groups is 1. The summed E-state index contributed by atoms with van der Waals surface area (Å²) in [6, 6.07) is 5.15. The van der Waals surface area contributed by atoms with Crippen molar-refractivity contribution in [3.05, 3.63) is 35.6 Å². The van der Waals surface area contributed by atoms with Gasteiger partial charge < -0.3 is 4.84 Å². The van der Waals surface area contributed by atoms with Crippen molar-refractivity contribution >= 4 is 11.9 Å². The lowest BCUT2D eigenvalue weighted by Gasteiger charge is -2.24. The zero-order valence-electron chi connectivity index (χ0n) is 10.6. The first-order valence-corrected chi connectivity index (χ1v) is 5.63. The fraction of sp³-hybridized carbons (Fsp3) is 0.333. The van der Waals surface area contributed by atoms with Crippen LogP contribution in [-0.2, 0) is 10.3 Å². The highest BCUT2D eigenvalue weighted by Gasteiger charge is 2.40. The van der Waals surface area contributed by atoms with Gasteiger partial charge >= 0.3 is 6.03 Å². The molecule has 1 aliphatic heterocycles. The molecule has 1 aliphatic rings. The Morgan fingerprint density at radius 3 is 2.74 bits per heavy atom. The average molecular weight is 267 g/mol. The fourth-order valence-corrected chi connectivity index (χ4v) is 1.78. The summed E-state index contributed by atoms with van der Waals surface area (Å²) in [5, 5.41) is 15.7. The number of hydroxylamine groups is 2. The zero-order chi connectivity index (χ0) is 14.0. The molecule has 0 aliphatic carbocycles. The number of benzene rings is 1. The molecule has 0 radical (unpaired) electrons. The third-order valence-corrected chi connectivity index (χ3v) is 3.03. The van der Waals surface area contributed by atoms with Crippen molar-refractivity contribution in [3.63, 3.8) is 0 Å².